The molecule has 0 radical (unpaired) electrons. The van der Waals surface area contributed by atoms with Crippen LogP contribution in [0.5, 0.6) is 5.75 Å². The van der Waals surface area contributed by atoms with Crippen LogP contribution in [0.25, 0.3) is 17.1 Å². The highest BCUT2D eigenvalue weighted by atomic mass is 32.1. The molecule has 4 aromatic rings. The predicted octanol–water partition coefficient (Wildman–Crippen LogP) is 5.50. The number of allylic oxidation sites excluding steroid dienone is 1. The highest BCUT2D eigenvalue weighted by molar-refractivity contribution is 7.12. The largest absolute Gasteiger partial charge is 0.488 e. The second-order valence-corrected chi connectivity index (χ2v) is 7.49. The summed E-state index contributed by atoms with van der Waals surface area (Å²) in [5, 5.41) is 4.85. The van der Waals surface area contributed by atoms with Gasteiger partial charge in [0, 0.05) is 18.2 Å². The van der Waals surface area contributed by atoms with Crippen LogP contribution in [0.15, 0.2) is 66.1 Å². The molecule has 2 aromatic heterocycles. The van der Waals surface area contributed by atoms with E-state index in [1.54, 1.807) is 0 Å². The number of nitrogens with zero attached hydrogens (tertiary/aromatic N) is 2. The summed E-state index contributed by atoms with van der Waals surface area (Å²) in [4.78, 5) is 17.8. The van der Waals surface area contributed by atoms with E-state index in [0.717, 1.165) is 27.9 Å². The Labute approximate surface area is 173 Å². The number of amides is 1. The van der Waals surface area contributed by atoms with Crippen molar-refractivity contribution in [2.24, 2.45) is 7.05 Å². The van der Waals surface area contributed by atoms with Crippen LogP contribution in [-0.2, 0) is 13.7 Å². The minimum absolute atomic E-state index is 0.172. The Morgan fingerprint density at radius 1 is 1.21 bits per heavy atom. The van der Waals surface area contributed by atoms with E-state index in [4.69, 9.17) is 4.74 Å². The number of para-hydroxylation sites is 3. The van der Waals surface area contributed by atoms with Crippen LogP contribution in [0, 0.1) is 0 Å². The number of rotatable bonds is 6. The van der Waals surface area contributed by atoms with Crippen LogP contribution in [0.2, 0.25) is 0 Å². The first-order valence-corrected chi connectivity index (χ1v) is 10.2. The molecular weight excluding hydrogens is 382 g/mol. The molecule has 1 amide bonds. The number of carbonyl (C=O) groups excluding carboxylic acids is 1. The van der Waals surface area contributed by atoms with Gasteiger partial charge in [-0.05, 0) is 36.6 Å². The topological polar surface area (TPSA) is 56.1 Å². The number of nitrogens with one attached hydrogen (secondary N) is 1. The smallest absolute Gasteiger partial charge is 0.268 e. The van der Waals surface area contributed by atoms with Crippen molar-refractivity contribution in [1.82, 2.24) is 9.55 Å². The van der Waals surface area contributed by atoms with Gasteiger partial charge in [-0.15, -0.1) is 11.3 Å². The molecule has 2 heterocycles. The van der Waals surface area contributed by atoms with Crippen molar-refractivity contribution in [2.45, 2.75) is 13.5 Å². The lowest BCUT2D eigenvalue weighted by Crippen LogP contribution is -2.13. The molecule has 0 spiro atoms. The fourth-order valence-corrected chi connectivity index (χ4v) is 3.87. The molecule has 0 aliphatic heterocycles. The van der Waals surface area contributed by atoms with E-state index >= 15 is 0 Å². The number of aryl methyl sites for hydroxylation is 1. The van der Waals surface area contributed by atoms with Gasteiger partial charge in [-0.1, -0.05) is 42.5 Å². The van der Waals surface area contributed by atoms with Gasteiger partial charge in [0.05, 0.1) is 15.9 Å². The number of anilines is 1. The number of thiophene rings is 1. The Morgan fingerprint density at radius 2 is 2.00 bits per heavy atom. The van der Waals surface area contributed by atoms with Crippen LogP contribution in [0.4, 0.5) is 5.95 Å². The summed E-state index contributed by atoms with van der Waals surface area (Å²) in [5.41, 5.74) is 3.82. The third-order valence-corrected chi connectivity index (χ3v) is 5.53. The van der Waals surface area contributed by atoms with Crippen LogP contribution >= 0.6 is 11.3 Å². The molecule has 6 heteroatoms. The second kappa shape index (κ2) is 8.32. The Morgan fingerprint density at radius 3 is 2.83 bits per heavy atom. The lowest BCUT2D eigenvalue weighted by molar-refractivity contribution is 0.102. The van der Waals surface area contributed by atoms with Crippen LogP contribution in [-0.4, -0.2) is 15.5 Å². The van der Waals surface area contributed by atoms with Gasteiger partial charge in [-0.25, -0.2) is 4.98 Å². The highest BCUT2D eigenvalue weighted by Crippen LogP contribution is 2.23. The summed E-state index contributed by atoms with van der Waals surface area (Å²) in [6.07, 6.45) is 3.99. The molecule has 0 unspecified atom stereocenters. The first kappa shape index (κ1) is 19.0. The summed E-state index contributed by atoms with van der Waals surface area (Å²) in [7, 11) is 1.89. The highest BCUT2D eigenvalue weighted by Gasteiger charge is 2.14. The van der Waals surface area contributed by atoms with Crippen molar-refractivity contribution in [2.75, 3.05) is 5.32 Å². The quantitative estimate of drug-likeness (QED) is 0.462. The minimum atomic E-state index is -0.172. The SMILES string of the molecule is C/C=C/c1ccccc1OCc1csc(C(=O)Nc2nc3ccccc3n2C)c1. The molecule has 0 aliphatic rings. The van der Waals surface area contributed by atoms with E-state index in [0.29, 0.717) is 17.4 Å². The summed E-state index contributed by atoms with van der Waals surface area (Å²) in [6.45, 7) is 2.38. The van der Waals surface area contributed by atoms with E-state index in [1.165, 1.54) is 11.3 Å². The molecule has 0 fully saturated rings. The molecule has 146 valence electrons. The third-order valence-electron chi connectivity index (χ3n) is 4.55. The lowest BCUT2D eigenvalue weighted by Gasteiger charge is -2.08. The lowest BCUT2D eigenvalue weighted by atomic mass is 10.2. The fraction of sp³-hybridized carbons (Fsp3) is 0.130. The zero-order valence-corrected chi connectivity index (χ0v) is 17.1. The van der Waals surface area contributed by atoms with Gasteiger partial charge in [0.1, 0.15) is 12.4 Å². The molecule has 1 N–H and O–H groups in total. The third kappa shape index (κ3) is 4.07. The first-order valence-electron chi connectivity index (χ1n) is 9.30. The number of imidazole rings is 1. The maximum Gasteiger partial charge on any atom is 0.268 e. The van der Waals surface area contributed by atoms with Gasteiger partial charge < -0.3 is 9.30 Å². The Kier molecular flexibility index (Phi) is 5.44. The van der Waals surface area contributed by atoms with Gasteiger partial charge in [0.15, 0.2) is 0 Å². The average Bonchev–Trinajstić information content (AvgIpc) is 3.33. The number of hydrogen-bond donors (Lipinski definition) is 1. The van der Waals surface area contributed by atoms with Crippen molar-refractivity contribution >= 4 is 40.3 Å². The van der Waals surface area contributed by atoms with Crippen LogP contribution in [0.3, 0.4) is 0 Å². The summed E-state index contributed by atoms with van der Waals surface area (Å²) in [6, 6.07) is 17.5. The molecular formula is C23H21N3O2S. The van der Waals surface area contributed by atoms with Gasteiger partial charge in [-0.3, -0.25) is 10.1 Å². The van der Waals surface area contributed by atoms with E-state index in [1.807, 2.05) is 90.7 Å². The number of hydrogen-bond acceptors (Lipinski definition) is 4. The van der Waals surface area contributed by atoms with Gasteiger partial charge in [0.25, 0.3) is 5.91 Å². The number of ether oxygens (including phenoxy) is 1. The normalized spacial score (nSPS) is 11.2. The number of aromatic nitrogens is 2. The van der Waals surface area contributed by atoms with Crippen LogP contribution < -0.4 is 10.1 Å². The minimum Gasteiger partial charge on any atom is -0.488 e. The summed E-state index contributed by atoms with van der Waals surface area (Å²) >= 11 is 1.40. The molecule has 29 heavy (non-hydrogen) atoms. The summed E-state index contributed by atoms with van der Waals surface area (Å²) in [5.74, 6) is 1.18. The summed E-state index contributed by atoms with van der Waals surface area (Å²) < 4.78 is 7.83. The van der Waals surface area contributed by atoms with Gasteiger partial charge in [0.2, 0.25) is 5.95 Å². The van der Waals surface area contributed by atoms with Crippen molar-refractivity contribution in [3.05, 3.63) is 82.1 Å². The number of carbonyl (C=O) groups is 1. The monoisotopic (exact) mass is 403 g/mol. The first-order chi connectivity index (χ1) is 14.2. The molecule has 0 bridgehead atoms. The van der Waals surface area contributed by atoms with Crippen molar-refractivity contribution in [3.8, 4) is 5.75 Å². The van der Waals surface area contributed by atoms with Gasteiger partial charge >= 0.3 is 0 Å². The molecule has 0 saturated heterocycles. The Hall–Kier alpha value is -3.38. The fourth-order valence-electron chi connectivity index (χ4n) is 3.08. The molecule has 5 nitrogen and oxygen atoms in total. The zero-order chi connectivity index (χ0) is 20.2. The van der Waals surface area contributed by atoms with Crippen molar-refractivity contribution < 1.29 is 9.53 Å². The van der Waals surface area contributed by atoms with Crippen molar-refractivity contribution in [3.63, 3.8) is 0 Å². The van der Waals surface area contributed by atoms with E-state index < -0.39 is 0 Å². The Bertz CT molecular complexity index is 1190. The molecule has 0 atom stereocenters. The van der Waals surface area contributed by atoms with Gasteiger partial charge in [-0.2, -0.15) is 0 Å². The molecule has 2 aromatic carbocycles. The standard InChI is InChI=1S/C23H21N3O2S/c1-3-8-17-9-4-7-12-20(17)28-14-16-13-21(29-15-16)22(27)25-23-24-18-10-5-6-11-19(18)26(23)2/h3-13,15H,14H2,1-2H3,(H,24,25,27)/b8-3+. The van der Waals surface area contributed by atoms with E-state index in [2.05, 4.69) is 10.3 Å². The maximum absolute atomic E-state index is 12.7. The molecule has 0 saturated carbocycles. The zero-order valence-electron chi connectivity index (χ0n) is 16.3. The number of benzene rings is 2. The second-order valence-electron chi connectivity index (χ2n) is 6.58. The Balaban J connectivity index is 1.44. The molecule has 4 rings (SSSR count). The molecule has 0 aliphatic carbocycles. The average molecular weight is 404 g/mol. The van der Waals surface area contributed by atoms with E-state index in [9.17, 15) is 4.79 Å². The number of fused-ring (bicyclic) bond motifs is 1. The maximum atomic E-state index is 12.7. The van der Waals surface area contributed by atoms with Crippen LogP contribution in [0.1, 0.15) is 27.7 Å². The van der Waals surface area contributed by atoms with E-state index in [-0.39, 0.29) is 5.91 Å². The van der Waals surface area contributed by atoms with Crippen molar-refractivity contribution in [1.29, 1.82) is 0 Å². The predicted molar refractivity (Wildman–Crippen MR) is 118 cm³/mol.